The molecule has 2 aromatic rings. The quantitative estimate of drug-likeness (QED) is 0.920. The molecule has 1 aliphatic carbocycles. The third-order valence-electron chi connectivity index (χ3n) is 3.65. The fourth-order valence-corrected chi connectivity index (χ4v) is 3.29. The number of rotatable bonds is 3. The lowest BCUT2D eigenvalue weighted by Crippen LogP contribution is -2.27. The van der Waals surface area contributed by atoms with Crippen LogP contribution in [0.25, 0.3) is 0 Å². The maximum Gasteiger partial charge on any atom is 0.0919 e. The molecule has 1 aliphatic rings. The zero-order valence-electron chi connectivity index (χ0n) is 10.3. The van der Waals surface area contributed by atoms with Crippen molar-refractivity contribution < 1.29 is 0 Å². The molecule has 0 aliphatic heterocycles. The van der Waals surface area contributed by atoms with Crippen molar-refractivity contribution in [3.63, 3.8) is 0 Å². The van der Waals surface area contributed by atoms with Crippen LogP contribution in [0.15, 0.2) is 24.5 Å². The molecule has 3 rings (SSSR count). The molecule has 0 fully saturated rings. The molecule has 0 amide bonds. The van der Waals surface area contributed by atoms with E-state index in [-0.39, 0.29) is 6.04 Å². The van der Waals surface area contributed by atoms with Crippen LogP contribution < -0.4 is 5.32 Å². The van der Waals surface area contributed by atoms with E-state index in [4.69, 9.17) is 0 Å². The SMILES string of the molecule is CNC(c1cnsn1)C1CCCc2cccnc21. The topological polar surface area (TPSA) is 50.7 Å². The summed E-state index contributed by atoms with van der Waals surface area (Å²) in [6.07, 6.45) is 7.28. The van der Waals surface area contributed by atoms with Crippen molar-refractivity contribution in [1.82, 2.24) is 19.0 Å². The highest BCUT2D eigenvalue weighted by atomic mass is 32.1. The van der Waals surface area contributed by atoms with Crippen LogP contribution in [-0.4, -0.2) is 20.8 Å². The van der Waals surface area contributed by atoms with Gasteiger partial charge in [0.05, 0.1) is 29.7 Å². The van der Waals surface area contributed by atoms with Gasteiger partial charge in [0.2, 0.25) is 0 Å². The van der Waals surface area contributed by atoms with E-state index in [2.05, 4.69) is 25.1 Å². The summed E-state index contributed by atoms with van der Waals surface area (Å²) in [5, 5.41) is 3.38. The average molecular weight is 260 g/mol. The monoisotopic (exact) mass is 260 g/mol. The molecule has 0 bridgehead atoms. The Morgan fingerprint density at radius 2 is 2.44 bits per heavy atom. The molecule has 94 valence electrons. The van der Waals surface area contributed by atoms with Crippen molar-refractivity contribution in [3.05, 3.63) is 41.5 Å². The Kier molecular flexibility index (Phi) is 3.34. The molecule has 0 aromatic carbocycles. The number of likely N-dealkylation sites (N-methyl/N-ethyl adjacent to an activating group) is 1. The van der Waals surface area contributed by atoms with Crippen molar-refractivity contribution in [1.29, 1.82) is 0 Å². The van der Waals surface area contributed by atoms with Crippen LogP contribution in [0.2, 0.25) is 0 Å². The van der Waals surface area contributed by atoms with Gasteiger partial charge in [-0.1, -0.05) is 6.07 Å². The van der Waals surface area contributed by atoms with Gasteiger partial charge in [-0.3, -0.25) is 4.98 Å². The van der Waals surface area contributed by atoms with Gasteiger partial charge in [0, 0.05) is 17.8 Å². The summed E-state index contributed by atoms with van der Waals surface area (Å²) in [5.41, 5.74) is 3.65. The van der Waals surface area contributed by atoms with Gasteiger partial charge in [0.15, 0.2) is 0 Å². The first kappa shape index (κ1) is 11.7. The summed E-state index contributed by atoms with van der Waals surface area (Å²) in [4.78, 5) is 4.59. The fraction of sp³-hybridized carbons (Fsp3) is 0.462. The molecule has 1 N–H and O–H groups in total. The molecule has 18 heavy (non-hydrogen) atoms. The Labute approximate surface area is 111 Å². The molecule has 5 heteroatoms. The van der Waals surface area contributed by atoms with Gasteiger partial charge in [0.1, 0.15) is 0 Å². The summed E-state index contributed by atoms with van der Waals surface area (Å²) >= 11 is 1.27. The second-order valence-electron chi connectivity index (χ2n) is 4.65. The Morgan fingerprint density at radius 3 is 3.22 bits per heavy atom. The van der Waals surface area contributed by atoms with E-state index in [1.165, 1.54) is 29.4 Å². The number of hydrogen-bond acceptors (Lipinski definition) is 5. The van der Waals surface area contributed by atoms with E-state index < -0.39 is 0 Å². The van der Waals surface area contributed by atoms with Crippen molar-refractivity contribution in [2.75, 3.05) is 7.05 Å². The van der Waals surface area contributed by atoms with Gasteiger partial charge in [-0.05, 0) is 37.9 Å². The highest BCUT2D eigenvalue weighted by molar-refractivity contribution is 6.99. The summed E-state index contributed by atoms with van der Waals surface area (Å²) < 4.78 is 8.49. The van der Waals surface area contributed by atoms with Crippen LogP contribution in [0.3, 0.4) is 0 Å². The first-order valence-electron chi connectivity index (χ1n) is 6.28. The number of nitrogens with one attached hydrogen (secondary N) is 1. The number of hydrogen-bond donors (Lipinski definition) is 1. The average Bonchev–Trinajstić information content (AvgIpc) is 2.94. The van der Waals surface area contributed by atoms with Crippen molar-refractivity contribution >= 4 is 11.7 Å². The van der Waals surface area contributed by atoms with Crippen molar-refractivity contribution in [2.45, 2.75) is 31.2 Å². The summed E-state index contributed by atoms with van der Waals surface area (Å²) in [7, 11) is 1.99. The minimum Gasteiger partial charge on any atom is -0.311 e. The molecule has 2 aromatic heterocycles. The van der Waals surface area contributed by atoms with Gasteiger partial charge in [0.25, 0.3) is 0 Å². The number of pyridine rings is 1. The minimum atomic E-state index is 0.220. The molecular formula is C13H16N4S. The van der Waals surface area contributed by atoms with E-state index >= 15 is 0 Å². The van der Waals surface area contributed by atoms with E-state index in [1.54, 1.807) is 0 Å². The van der Waals surface area contributed by atoms with Crippen LogP contribution >= 0.6 is 11.7 Å². The largest absolute Gasteiger partial charge is 0.311 e. The lowest BCUT2D eigenvalue weighted by molar-refractivity contribution is 0.410. The van der Waals surface area contributed by atoms with Crippen LogP contribution in [-0.2, 0) is 6.42 Å². The van der Waals surface area contributed by atoms with E-state index in [0.29, 0.717) is 5.92 Å². The lowest BCUT2D eigenvalue weighted by Gasteiger charge is -2.30. The fourth-order valence-electron chi connectivity index (χ4n) is 2.83. The zero-order chi connectivity index (χ0) is 12.4. The van der Waals surface area contributed by atoms with Gasteiger partial charge in [-0.25, -0.2) is 0 Å². The Morgan fingerprint density at radius 1 is 1.50 bits per heavy atom. The molecule has 0 saturated heterocycles. The molecule has 2 heterocycles. The van der Waals surface area contributed by atoms with Gasteiger partial charge < -0.3 is 5.32 Å². The van der Waals surface area contributed by atoms with E-state index in [9.17, 15) is 0 Å². The standard InChI is InChI=1S/C13H16N4S/c1-14-13(11-8-16-18-17-11)10-6-2-4-9-5-3-7-15-12(9)10/h3,5,7-8,10,13-14H,2,4,6H2,1H3. The molecule has 2 unspecified atom stereocenters. The molecule has 2 atom stereocenters. The molecular weight excluding hydrogens is 244 g/mol. The Hall–Kier alpha value is -1.33. The normalized spacial score (nSPS) is 20.4. The van der Waals surface area contributed by atoms with Gasteiger partial charge >= 0.3 is 0 Å². The number of aromatic nitrogens is 3. The van der Waals surface area contributed by atoms with E-state index in [1.807, 2.05) is 25.5 Å². The predicted octanol–water partition coefficient (Wildman–Crippen LogP) is 2.31. The predicted molar refractivity (Wildman–Crippen MR) is 71.6 cm³/mol. The maximum atomic E-state index is 4.59. The summed E-state index contributed by atoms with van der Waals surface area (Å²) in [5.74, 6) is 0.406. The third-order valence-corrected chi connectivity index (χ3v) is 4.14. The third kappa shape index (κ3) is 2.04. The Bertz CT molecular complexity index is 511. The van der Waals surface area contributed by atoms with Crippen LogP contribution in [0, 0.1) is 0 Å². The number of fused-ring (bicyclic) bond motifs is 1. The molecule has 0 saturated carbocycles. The van der Waals surface area contributed by atoms with Crippen LogP contribution in [0.5, 0.6) is 0 Å². The zero-order valence-corrected chi connectivity index (χ0v) is 11.2. The second-order valence-corrected chi connectivity index (χ2v) is 5.20. The Balaban J connectivity index is 1.97. The maximum absolute atomic E-state index is 4.59. The lowest BCUT2D eigenvalue weighted by atomic mass is 9.81. The number of nitrogens with zero attached hydrogens (tertiary/aromatic N) is 3. The van der Waals surface area contributed by atoms with Gasteiger partial charge in [-0.15, -0.1) is 0 Å². The molecule has 0 spiro atoms. The van der Waals surface area contributed by atoms with Crippen molar-refractivity contribution in [2.24, 2.45) is 0 Å². The van der Waals surface area contributed by atoms with Crippen molar-refractivity contribution in [3.8, 4) is 0 Å². The summed E-state index contributed by atoms with van der Waals surface area (Å²) in [6, 6.07) is 4.44. The van der Waals surface area contributed by atoms with Crippen LogP contribution in [0.4, 0.5) is 0 Å². The highest BCUT2D eigenvalue weighted by Crippen LogP contribution is 2.38. The van der Waals surface area contributed by atoms with Crippen LogP contribution in [0.1, 0.15) is 41.8 Å². The highest BCUT2D eigenvalue weighted by Gasteiger charge is 2.30. The summed E-state index contributed by atoms with van der Waals surface area (Å²) in [6.45, 7) is 0. The minimum absolute atomic E-state index is 0.220. The first-order valence-corrected chi connectivity index (χ1v) is 7.01. The smallest absolute Gasteiger partial charge is 0.0919 e. The molecule has 4 nitrogen and oxygen atoms in total. The molecule has 0 radical (unpaired) electrons. The number of aryl methyl sites for hydroxylation is 1. The van der Waals surface area contributed by atoms with E-state index in [0.717, 1.165) is 18.5 Å². The first-order chi connectivity index (χ1) is 8.90. The van der Waals surface area contributed by atoms with Gasteiger partial charge in [-0.2, -0.15) is 8.75 Å². The second kappa shape index (κ2) is 5.12.